The predicted molar refractivity (Wildman–Crippen MR) is 109 cm³/mol. The summed E-state index contributed by atoms with van der Waals surface area (Å²) in [4.78, 5) is 12.5. The maximum absolute atomic E-state index is 12.5. The molecule has 1 aliphatic rings. The molecule has 1 fully saturated rings. The number of ether oxygens (including phenoxy) is 5. The number of aliphatic hydroxyl groups is 3. The molecule has 3 rings (SSSR count). The maximum atomic E-state index is 12.5. The average Bonchev–Trinajstić information content (AvgIpc) is 2.80. The number of rotatable bonds is 7. The van der Waals surface area contributed by atoms with Crippen LogP contribution in [0.4, 0.5) is 0 Å². The van der Waals surface area contributed by atoms with Gasteiger partial charge >= 0.3 is 5.97 Å². The molecular weight excluding hydrogens is 444 g/mol. The van der Waals surface area contributed by atoms with Crippen molar-refractivity contribution in [1.29, 1.82) is 0 Å². The van der Waals surface area contributed by atoms with Crippen molar-refractivity contribution in [3.8, 4) is 34.5 Å². The zero-order chi connectivity index (χ0) is 24.3. The van der Waals surface area contributed by atoms with E-state index in [0.29, 0.717) is 0 Å². The number of phenolic OH excluding ortho intramolecular Hbond substituents is 3. The Labute approximate surface area is 187 Å². The number of hydrogen-bond donors (Lipinski definition) is 6. The summed E-state index contributed by atoms with van der Waals surface area (Å²) in [6, 6.07) is 5.86. The summed E-state index contributed by atoms with van der Waals surface area (Å²) in [5.41, 5.74) is -0.0332. The van der Waals surface area contributed by atoms with E-state index in [2.05, 4.69) is 0 Å². The number of aromatic hydroxyl groups is 3. The summed E-state index contributed by atoms with van der Waals surface area (Å²) in [5.74, 6) is -2.10. The van der Waals surface area contributed by atoms with Gasteiger partial charge in [-0.3, -0.25) is 0 Å². The topological polar surface area (TPSA) is 185 Å². The molecule has 0 radical (unpaired) electrons. The Balaban J connectivity index is 1.71. The minimum atomic E-state index is -1.72. The van der Waals surface area contributed by atoms with E-state index in [0.717, 1.165) is 6.07 Å². The minimum Gasteiger partial charge on any atom is -0.508 e. The summed E-state index contributed by atoms with van der Waals surface area (Å²) in [6.07, 6.45) is -7.91. The summed E-state index contributed by atoms with van der Waals surface area (Å²) in [5, 5.41) is 59.7. The zero-order valence-corrected chi connectivity index (χ0v) is 17.6. The van der Waals surface area contributed by atoms with Crippen molar-refractivity contribution in [2.75, 3.05) is 20.8 Å². The fourth-order valence-corrected chi connectivity index (χ4v) is 3.13. The van der Waals surface area contributed by atoms with Crippen LogP contribution in [0.25, 0.3) is 0 Å². The van der Waals surface area contributed by atoms with Crippen molar-refractivity contribution in [3.63, 3.8) is 0 Å². The van der Waals surface area contributed by atoms with Crippen LogP contribution in [0.15, 0.2) is 30.3 Å². The van der Waals surface area contributed by atoms with E-state index in [9.17, 15) is 35.4 Å². The van der Waals surface area contributed by atoms with E-state index in [-0.39, 0.29) is 34.3 Å². The standard InChI is InChI=1S/C21H24O12/c1-29-13-5-9(6-14(30-2)16(13)24)20(28)31-8-15-17(25)18(26)19(27)21(33-15)32-12-4-3-10(22)7-11(12)23/h3-7,15,17-19,21-27H,8H2,1-2H3/t15-,17-,18+,19-,21-/m1/s1. The van der Waals surface area contributed by atoms with Crippen molar-refractivity contribution in [2.24, 2.45) is 0 Å². The first-order chi connectivity index (χ1) is 15.7. The Morgan fingerprint density at radius 3 is 2.12 bits per heavy atom. The van der Waals surface area contributed by atoms with Crippen molar-refractivity contribution in [1.82, 2.24) is 0 Å². The van der Waals surface area contributed by atoms with Crippen LogP contribution in [0.1, 0.15) is 10.4 Å². The second-order valence-corrected chi connectivity index (χ2v) is 7.11. The Hall–Kier alpha value is -3.45. The number of aliphatic hydroxyl groups excluding tert-OH is 3. The monoisotopic (exact) mass is 468 g/mol. The quantitative estimate of drug-likeness (QED) is 0.296. The molecule has 1 heterocycles. The van der Waals surface area contributed by atoms with Crippen LogP contribution in [0.5, 0.6) is 34.5 Å². The highest BCUT2D eigenvalue weighted by Gasteiger charge is 2.45. The number of carbonyl (C=O) groups is 1. The third kappa shape index (κ3) is 5.14. The van der Waals surface area contributed by atoms with Gasteiger partial charge in [0.2, 0.25) is 12.0 Å². The highest BCUT2D eigenvalue weighted by molar-refractivity contribution is 5.91. The van der Waals surface area contributed by atoms with Crippen molar-refractivity contribution in [2.45, 2.75) is 30.7 Å². The van der Waals surface area contributed by atoms with E-state index < -0.39 is 49.0 Å². The minimum absolute atomic E-state index is 0.0315. The van der Waals surface area contributed by atoms with Gasteiger partial charge in [-0.15, -0.1) is 0 Å². The Morgan fingerprint density at radius 2 is 1.55 bits per heavy atom. The molecular formula is C21H24O12. The van der Waals surface area contributed by atoms with Gasteiger partial charge < -0.3 is 54.3 Å². The lowest BCUT2D eigenvalue weighted by Crippen LogP contribution is -2.60. The molecule has 12 heteroatoms. The average molecular weight is 468 g/mol. The smallest absolute Gasteiger partial charge is 0.338 e. The predicted octanol–water partition coefficient (Wildman–Crippen LogP) is -0.136. The molecule has 180 valence electrons. The van der Waals surface area contributed by atoms with Gasteiger partial charge in [-0.05, 0) is 24.3 Å². The second kappa shape index (κ2) is 10.0. The van der Waals surface area contributed by atoms with Crippen LogP contribution in [0.3, 0.4) is 0 Å². The van der Waals surface area contributed by atoms with Gasteiger partial charge in [-0.25, -0.2) is 4.79 Å². The Kier molecular flexibility index (Phi) is 7.33. The molecule has 0 spiro atoms. The van der Waals surface area contributed by atoms with Gasteiger partial charge in [0.05, 0.1) is 19.8 Å². The summed E-state index contributed by atoms with van der Waals surface area (Å²) < 4.78 is 25.9. The van der Waals surface area contributed by atoms with Crippen LogP contribution < -0.4 is 14.2 Å². The Morgan fingerprint density at radius 1 is 0.909 bits per heavy atom. The van der Waals surface area contributed by atoms with Crippen LogP contribution in [0.2, 0.25) is 0 Å². The molecule has 2 aromatic carbocycles. The van der Waals surface area contributed by atoms with E-state index in [1.807, 2.05) is 0 Å². The lowest BCUT2D eigenvalue weighted by molar-refractivity contribution is -0.277. The fourth-order valence-electron chi connectivity index (χ4n) is 3.13. The summed E-state index contributed by atoms with van der Waals surface area (Å²) in [6.45, 7) is -0.545. The van der Waals surface area contributed by atoms with Crippen LogP contribution >= 0.6 is 0 Å². The first-order valence-corrected chi connectivity index (χ1v) is 9.66. The zero-order valence-electron chi connectivity index (χ0n) is 17.6. The molecule has 0 aliphatic carbocycles. The van der Waals surface area contributed by atoms with E-state index in [1.165, 1.54) is 38.5 Å². The normalized spacial score (nSPS) is 24.7. The van der Waals surface area contributed by atoms with Crippen molar-refractivity contribution < 1.29 is 59.1 Å². The number of methoxy groups -OCH3 is 2. The molecule has 0 unspecified atom stereocenters. The SMILES string of the molecule is COc1cc(C(=O)OC[C@H]2O[C@@H](Oc3ccc(O)cc3O)[C@H](O)[C@@H](O)[C@@H]2O)cc(OC)c1O. The van der Waals surface area contributed by atoms with E-state index >= 15 is 0 Å². The molecule has 0 amide bonds. The number of esters is 1. The lowest BCUT2D eigenvalue weighted by atomic mass is 9.99. The van der Waals surface area contributed by atoms with E-state index in [1.54, 1.807) is 0 Å². The lowest BCUT2D eigenvalue weighted by Gasteiger charge is -2.39. The molecule has 1 saturated heterocycles. The van der Waals surface area contributed by atoms with Crippen LogP contribution in [-0.2, 0) is 9.47 Å². The van der Waals surface area contributed by atoms with Gasteiger partial charge in [0.25, 0.3) is 0 Å². The third-order valence-electron chi connectivity index (χ3n) is 4.95. The van der Waals surface area contributed by atoms with Gasteiger partial charge in [0.15, 0.2) is 23.0 Å². The molecule has 0 aromatic heterocycles. The number of phenols is 3. The van der Waals surface area contributed by atoms with Crippen LogP contribution in [0, 0.1) is 0 Å². The van der Waals surface area contributed by atoms with Crippen LogP contribution in [-0.4, -0.2) is 88.1 Å². The highest BCUT2D eigenvalue weighted by Crippen LogP contribution is 2.37. The molecule has 6 N–H and O–H groups in total. The summed E-state index contributed by atoms with van der Waals surface area (Å²) in [7, 11) is 2.57. The van der Waals surface area contributed by atoms with Crippen molar-refractivity contribution in [3.05, 3.63) is 35.9 Å². The maximum Gasteiger partial charge on any atom is 0.338 e. The number of hydrogen-bond acceptors (Lipinski definition) is 12. The van der Waals surface area contributed by atoms with Gasteiger partial charge in [-0.1, -0.05) is 0 Å². The first kappa shape index (κ1) is 24.2. The molecule has 0 bridgehead atoms. The van der Waals surface area contributed by atoms with E-state index in [4.69, 9.17) is 23.7 Å². The van der Waals surface area contributed by atoms with Gasteiger partial charge in [0.1, 0.15) is 36.8 Å². The molecule has 12 nitrogen and oxygen atoms in total. The molecule has 5 atom stereocenters. The first-order valence-electron chi connectivity index (χ1n) is 9.66. The number of carbonyl (C=O) groups excluding carboxylic acids is 1. The fraction of sp³-hybridized carbons (Fsp3) is 0.381. The second-order valence-electron chi connectivity index (χ2n) is 7.11. The largest absolute Gasteiger partial charge is 0.508 e. The third-order valence-corrected chi connectivity index (χ3v) is 4.95. The summed E-state index contributed by atoms with van der Waals surface area (Å²) >= 11 is 0. The van der Waals surface area contributed by atoms with Gasteiger partial charge in [0, 0.05) is 6.07 Å². The molecule has 1 aliphatic heterocycles. The molecule has 33 heavy (non-hydrogen) atoms. The molecule has 2 aromatic rings. The highest BCUT2D eigenvalue weighted by atomic mass is 16.7. The van der Waals surface area contributed by atoms with Crippen molar-refractivity contribution >= 4 is 5.97 Å². The Bertz CT molecular complexity index is 968. The molecule has 0 saturated carbocycles. The van der Waals surface area contributed by atoms with Gasteiger partial charge in [-0.2, -0.15) is 0 Å². The number of benzene rings is 2.